The van der Waals surface area contributed by atoms with E-state index < -0.39 is 0 Å². The smallest absolute Gasteiger partial charge is 0.262 e. The topological polar surface area (TPSA) is 82.4 Å². The summed E-state index contributed by atoms with van der Waals surface area (Å²) in [6.45, 7) is 0.516. The molecular weight excluding hydrogens is 354 g/mol. The molecule has 6 nitrogen and oxygen atoms in total. The second-order valence-corrected chi connectivity index (χ2v) is 6.20. The third kappa shape index (κ3) is 4.13. The molecule has 0 atom stereocenters. The summed E-state index contributed by atoms with van der Waals surface area (Å²) in [7, 11) is 0. The summed E-state index contributed by atoms with van der Waals surface area (Å²) in [6, 6.07) is 13.7. The Hall–Kier alpha value is -3.04. The number of hydrogen-bond donors (Lipinski definition) is 1. The Morgan fingerprint density at radius 2 is 2.04 bits per heavy atom. The van der Waals surface area contributed by atoms with Gasteiger partial charge in [-0.05, 0) is 48.9 Å². The standard InChI is InChI=1S/C19H16ClN3O3/c20-16-10-13(11-21)3-8-17(16)26-12-18(24)22-14-4-6-15(7-5-14)23-9-1-2-19(23)25/h3-8,10H,1-2,9,12H2,(H,22,24). The Morgan fingerprint density at radius 3 is 2.65 bits per heavy atom. The van der Waals surface area contributed by atoms with Crippen molar-refractivity contribution in [2.75, 3.05) is 23.4 Å². The number of carbonyl (C=O) groups is 2. The minimum atomic E-state index is -0.338. The Balaban J connectivity index is 1.55. The number of rotatable bonds is 5. The van der Waals surface area contributed by atoms with E-state index in [4.69, 9.17) is 21.6 Å². The summed E-state index contributed by atoms with van der Waals surface area (Å²) in [5.74, 6) is 0.119. The number of benzene rings is 2. The van der Waals surface area contributed by atoms with Gasteiger partial charge in [0.2, 0.25) is 5.91 Å². The van der Waals surface area contributed by atoms with E-state index in [1.165, 1.54) is 6.07 Å². The summed E-state index contributed by atoms with van der Waals surface area (Å²) < 4.78 is 5.38. The van der Waals surface area contributed by atoms with E-state index in [1.54, 1.807) is 41.3 Å². The fourth-order valence-electron chi connectivity index (χ4n) is 2.67. The van der Waals surface area contributed by atoms with Gasteiger partial charge in [-0.3, -0.25) is 9.59 Å². The van der Waals surface area contributed by atoms with Crippen LogP contribution >= 0.6 is 11.6 Å². The van der Waals surface area contributed by atoms with Crippen LogP contribution in [0.4, 0.5) is 11.4 Å². The molecule has 0 bridgehead atoms. The lowest BCUT2D eigenvalue weighted by atomic mass is 10.2. The highest BCUT2D eigenvalue weighted by Gasteiger charge is 2.21. The molecule has 1 aliphatic heterocycles. The molecule has 0 saturated carbocycles. The van der Waals surface area contributed by atoms with Crippen LogP contribution < -0.4 is 15.0 Å². The van der Waals surface area contributed by atoms with Gasteiger partial charge in [0.1, 0.15) is 5.75 Å². The molecule has 1 N–H and O–H groups in total. The summed E-state index contributed by atoms with van der Waals surface area (Å²) in [6.07, 6.45) is 1.44. The van der Waals surface area contributed by atoms with E-state index in [9.17, 15) is 9.59 Å². The maximum absolute atomic E-state index is 12.0. The van der Waals surface area contributed by atoms with Crippen LogP contribution in [0, 0.1) is 11.3 Å². The second-order valence-electron chi connectivity index (χ2n) is 5.79. The molecule has 1 aliphatic rings. The molecule has 26 heavy (non-hydrogen) atoms. The number of nitrogens with one attached hydrogen (secondary N) is 1. The zero-order chi connectivity index (χ0) is 18.5. The summed E-state index contributed by atoms with van der Waals surface area (Å²) in [4.78, 5) is 25.5. The molecule has 0 radical (unpaired) electrons. The van der Waals surface area contributed by atoms with E-state index >= 15 is 0 Å². The van der Waals surface area contributed by atoms with Gasteiger partial charge in [0.05, 0.1) is 16.7 Å². The van der Waals surface area contributed by atoms with Gasteiger partial charge in [0.25, 0.3) is 5.91 Å². The Bertz CT molecular complexity index is 875. The number of hydrogen-bond acceptors (Lipinski definition) is 4. The number of nitriles is 1. The number of anilines is 2. The number of amides is 2. The minimum absolute atomic E-state index is 0.120. The van der Waals surface area contributed by atoms with E-state index in [1.807, 2.05) is 6.07 Å². The van der Waals surface area contributed by atoms with E-state index in [0.717, 1.165) is 18.7 Å². The summed E-state index contributed by atoms with van der Waals surface area (Å²) in [5, 5.41) is 11.8. The van der Waals surface area contributed by atoms with E-state index in [2.05, 4.69) is 5.32 Å². The van der Waals surface area contributed by atoms with Crippen molar-refractivity contribution in [3.8, 4) is 11.8 Å². The minimum Gasteiger partial charge on any atom is -0.482 e. The predicted molar refractivity (Wildman–Crippen MR) is 98.3 cm³/mol. The van der Waals surface area contributed by atoms with Crippen molar-refractivity contribution in [1.29, 1.82) is 5.26 Å². The molecule has 2 aromatic carbocycles. The third-order valence-electron chi connectivity index (χ3n) is 3.96. The fourth-order valence-corrected chi connectivity index (χ4v) is 2.91. The highest BCUT2D eigenvalue weighted by atomic mass is 35.5. The zero-order valence-electron chi connectivity index (χ0n) is 13.9. The average molecular weight is 370 g/mol. The van der Waals surface area contributed by atoms with Crippen LogP contribution in [0.2, 0.25) is 5.02 Å². The molecule has 3 rings (SSSR count). The molecule has 7 heteroatoms. The summed E-state index contributed by atoms with van der Waals surface area (Å²) >= 11 is 6.00. The van der Waals surface area contributed by atoms with Crippen molar-refractivity contribution in [3.05, 3.63) is 53.1 Å². The average Bonchev–Trinajstić information content (AvgIpc) is 3.07. The lowest BCUT2D eigenvalue weighted by Crippen LogP contribution is -2.23. The number of halogens is 1. The first kappa shape index (κ1) is 17.8. The van der Waals surface area contributed by atoms with Crippen LogP contribution in [0.1, 0.15) is 18.4 Å². The van der Waals surface area contributed by atoms with Crippen molar-refractivity contribution in [2.45, 2.75) is 12.8 Å². The third-order valence-corrected chi connectivity index (χ3v) is 4.25. The molecule has 0 aromatic heterocycles. The molecule has 2 amide bonds. The van der Waals surface area contributed by atoms with E-state index in [-0.39, 0.29) is 23.4 Å². The molecular formula is C19H16ClN3O3. The van der Waals surface area contributed by atoms with E-state index in [0.29, 0.717) is 23.4 Å². The van der Waals surface area contributed by atoms with Crippen molar-refractivity contribution in [3.63, 3.8) is 0 Å². The molecule has 2 aromatic rings. The van der Waals surface area contributed by atoms with Crippen LogP contribution in [-0.4, -0.2) is 25.0 Å². The van der Waals surface area contributed by atoms with Gasteiger partial charge in [-0.1, -0.05) is 11.6 Å². The lowest BCUT2D eigenvalue weighted by Gasteiger charge is -2.16. The first-order valence-electron chi connectivity index (χ1n) is 8.09. The van der Waals surface area contributed by atoms with Gasteiger partial charge in [0.15, 0.2) is 6.61 Å². The first-order valence-corrected chi connectivity index (χ1v) is 8.47. The van der Waals surface area contributed by atoms with Gasteiger partial charge >= 0.3 is 0 Å². The van der Waals surface area contributed by atoms with Crippen molar-refractivity contribution >= 4 is 34.8 Å². The van der Waals surface area contributed by atoms with Gasteiger partial charge in [-0.2, -0.15) is 5.26 Å². The maximum Gasteiger partial charge on any atom is 0.262 e. The van der Waals surface area contributed by atoms with Crippen LogP contribution in [0.5, 0.6) is 5.75 Å². The molecule has 132 valence electrons. The predicted octanol–water partition coefficient (Wildman–Crippen LogP) is 3.36. The van der Waals surface area contributed by atoms with Gasteiger partial charge in [0, 0.05) is 24.3 Å². The zero-order valence-corrected chi connectivity index (χ0v) is 14.6. The summed E-state index contributed by atoms with van der Waals surface area (Å²) in [5.41, 5.74) is 1.86. The molecule has 0 spiro atoms. The van der Waals surface area contributed by atoms with Crippen LogP contribution in [0.3, 0.4) is 0 Å². The maximum atomic E-state index is 12.0. The number of nitrogens with zero attached hydrogens (tertiary/aromatic N) is 2. The molecule has 1 heterocycles. The quantitative estimate of drug-likeness (QED) is 0.876. The van der Waals surface area contributed by atoms with Gasteiger partial charge in [-0.15, -0.1) is 0 Å². The second kappa shape index (κ2) is 7.89. The molecule has 0 unspecified atom stereocenters. The van der Waals surface area contributed by atoms with Gasteiger partial charge in [-0.25, -0.2) is 0 Å². The highest BCUT2D eigenvalue weighted by Crippen LogP contribution is 2.25. The van der Waals surface area contributed by atoms with Gasteiger partial charge < -0.3 is 15.0 Å². The van der Waals surface area contributed by atoms with Crippen LogP contribution in [0.15, 0.2) is 42.5 Å². The highest BCUT2D eigenvalue weighted by molar-refractivity contribution is 6.32. The van der Waals surface area contributed by atoms with Crippen molar-refractivity contribution in [1.82, 2.24) is 0 Å². The molecule has 0 aliphatic carbocycles. The fraction of sp³-hybridized carbons (Fsp3) is 0.211. The number of carbonyl (C=O) groups excluding carboxylic acids is 2. The normalized spacial score (nSPS) is 13.4. The Morgan fingerprint density at radius 1 is 1.27 bits per heavy atom. The SMILES string of the molecule is N#Cc1ccc(OCC(=O)Nc2ccc(N3CCCC3=O)cc2)c(Cl)c1. The van der Waals surface area contributed by atoms with Crippen LogP contribution in [0.25, 0.3) is 0 Å². The molecule has 1 saturated heterocycles. The molecule has 1 fully saturated rings. The van der Waals surface area contributed by atoms with Crippen molar-refractivity contribution < 1.29 is 14.3 Å². The Labute approximate surface area is 155 Å². The lowest BCUT2D eigenvalue weighted by molar-refractivity contribution is -0.118. The van der Waals surface area contributed by atoms with Crippen molar-refractivity contribution in [2.24, 2.45) is 0 Å². The largest absolute Gasteiger partial charge is 0.482 e. The first-order chi connectivity index (χ1) is 12.6. The van der Waals surface area contributed by atoms with Crippen LogP contribution in [-0.2, 0) is 9.59 Å². The monoisotopic (exact) mass is 369 g/mol. The number of ether oxygens (including phenoxy) is 1. The Kier molecular flexibility index (Phi) is 5.40.